The first kappa shape index (κ1) is 17.2. The molecule has 0 aliphatic carbocycles. The second kappa shape index (κ2) is 6.75. The Morgan fingerprint density at radius 2 is 2.05 bits per heavy atom. The summed E-state index contributed by atoms with van der Waals surface area (Å²) in [6.45, 7) is 0.0573. The van der Waals surface area contributed by atoms with Crippen molar-refractivity contribution in [3.8, 4) is 0 Å². The lowest BCUT2D eigenvalue weighted by molar-refractivity contribution is -0.384. The van der Waals surface area contributed by atoms with Gasteiger partial charge in [0.25, 0.3) is 11.6 Å². The van der Waals surface area contributed by atoms with Crippen LogP contribution in [0.2, 0.25) is 5.02 Å². The predicted molar refractivity (Wildman–Crippen MR) is 70.4 cm³/mol. The van der Waals surface area contributed by atoms with Crippen LogP contribution in [0.3, 0.4) is 0 Å². The molecule has 9 heteroatoms. The van der Waals surface area contributed by atoms with Gasteiger partial charge < -0.3 is 4.90 Å². The Morgan fingerprint density at radius 1 is 1.43 bits per heavy atom. The van der Waals surface area contributed by atoms with Crippen molar-refractivity contribution in [2.75, 3.05) is 13.1 Å². The first-order valence-corrected chi connectivity index (χ1v) is 6.34. The van der Waals surface area contributed by atoms with Crippen molar-refractivity contribution in [2.45, 2.75) is 19.5 Å². The molecule has 0 spiro atoms. The molecular formula is C12H12ClF3N2O3. The highest BCUT2D eigenvalue weighted by Gasteiger charge is 2.34. The fourth-order valence-electron chi connectivity index (χ4n) is 1.74. The largest absolute Gasteiger partial charge is 0.406 e. The van der Waals surface area contributed by atoms with Crippen LogP contribution in [-0.2, 0) is 0 Å². The average Bonchev–Trinajstić information content (AvgIpc) is 2.36. The summed E-state index contributed by atoms with van der Waals surface area (Å²) >= 11 is 5.74. The Morgan fingerprint density at radius 3 is 2.52 bits per heavy atom. The van der Waals surface area contributed by atoms with Crippen LogP contribution in [0.4, 0.5) is 18.9 Å². The highest BCUT2D eigenvalue weighted by molar-refractivity contribution is 6.35. The molecule has 0 N–H and O–H groups in total. The van der Waals surface area contributed by atoms with E-state index in [0.717, 1.165) is 12.1 Å². The van der Waals surface area contributed by atoms with E-state index in [1.54, 1.807) is 6.92 Å². The predicted octanol–water partition coefficient (Wildman–Crippen LogP) is 3.66. The van der Waals surface area contributed by atoms with Crippen LogP contribution in [0, 0.1) is 10.1 Å². The molecule has 21 heavy (non-hydrogen) atoms. The SMILES string of the molecule is CCCN(CC(F)(F)F)C(=O)c1cccc([N+](=O)[O-])c1Cl. The highest BCUT2D eigenvalue weighted by Crippen LogP contribution is 2.29. The van der Waals surface area contributed by atoms with E-state index in [-0.39, 0.29) is 12.1 Å². The van der Waals surface area contributed by atoms with Crippen molar-refractivity contribution in [1.82, 2.24) is 4.90 Å². The normalized spacial score (nSPS) is 11.3. The maximum Gasteiger partial charge on any atom is 0.406 e. The van der Waals surface area contributed by atoms with E-state index in [0.29, 0.717) is 11.3 Å². The van der Waals surface area contributed by atoms with Gasteiger partial charge in [0.1, 0.15) is 11.6 Å². The second-order valence-corrected chi connectivity index (χ2v) is 4.62. The standard InChI is InChI=1S/C12H12ClF3N2O3/c1-2-6-17(7-12(14,15)16)11(19)8-4-3-5-9(10(8)13)18(20)21/h3-5H,2,6-7H2,1H3. The number of rotatable bonds is 5. The van der Waals surface area contributed by atoms with E-state index in [1.165, 1.54) is 6.07 Å². The summed E-state index contributed by atoms with van der Waals surface area (Å²) in [5.41, 5.74) is -0.838. The monoisotopic (exact) mass is 324 g/mol. The molecule has 0 aliphatic heterocycles. The number of nitro benzene ring substituents is 1. The summed E-state index contributed by atoms with van der Waals surface area (Å²) < 4.78 is 37.4. The van der Waals surface area contributed by atoms with Gasteiger partial charge >= 0.3 is 6.18 Å². The van der Waals surface area contributed by atoms with Crippen molar-refractivity contribution in [3.05, 3.63) is 38.9 Å². The minimum Gasteiger partial charge on any atom is -0.330 e. The van der Waals surface area contributed by atoms with Crippen LogP contribution in [0.1, 0.15) is 23.7 Å². The maximum absolute atomic E-state index is 12.5. The quantitative estimate of drug-likeness (QED) is 0.613. The summed E-state index contributed by atoms with van der Waals surface area (Å²) in [5, 5.41) is 10.3. The minimum absolute atomic E-state index is 0.128. The zero-order chi connectivity index (χ0) is 16.2. The summed E-state index contributed by atoms with van der Waals surface area (Å²) in [6.07, 6.45) is -4.24. The van der Waals surface area contributed by atoms with E-state index < -0.39 is 34.3 Å². The first-order valence-electron chi connectivity index (χ1n) is 5.96. The number of halogens is 4. The van der Waals surface area contributed by atoms with Gasteiger partial charge in [-0.3, -0.25) is 14.9 Å². The van der Waals surface area contributed by atoms with Crippen LogP contribution in [-0.4, -0.2) is 35.0 Å². The number of alkyl halides is 3. The van der Waals surface area contributed by atoms with E-state index in [4.69, 9.17) is 11.6 Å². The number of nitrogens with zero attached hydrogens (tertiary/aromatic N) is 2. The van der Waals surface area contributed by atoms with Crippen LogP contribution < -0.4 is 0 Å². The van der Waals surface area contributed by atoms with Gasteiger partial charge in [0.2, 0.25) is 0 Å². The first-order chi connectivity index (χ1) is 9.67. The molecule has 0 bridgehead atoms. The molecule has 0 radical (unpaired) electrons. The van der Waals surface area contributed by atoms with Crippen molar-refractivity contribution < 1.29 is 22.9 Å². The lowest BCUT2D eigenvalue weighted by Gasteiger charge is -2.23. The van der Waals surface area contributed by atoms with Gasteiger partial charge in [-0.05, 0) is 12.5 Å². The number of nitro groups is 1. The van der Waals surface area contributed by atoms with Gasteiger partial charge in [0, 0.05) is 12.6 Å². The number of carbonyl (C=O) groups is 1. The van der Waals surface area contributed by atoms with Crippen molar-refractivity contribution in [3.63, 3.8) is 0 Å². The summed E-state index contributed by atoms with van der Waals surface area (Å²) in [4.78, 5) is 22.6. The number of hydrogen-bond acceptors (Lipinski definition) is 3. The maximum atomic E-state index is 12.5. The van der Waals surface area contributed by atoms with Crippen molar-refractivity contribution in [1.29, 1.82) is 0 Å². The average molecular weight is 325 g/mol. The van der Waals surface area contributed by atoms with Crippen LogP contribution in [0.15, 0.2) is 18.2 Å². The van der Waals surface area contributed by atoms with E-state index >= 15 is 0 Å². The second-order valence-electron chi connectivity index (χ2n) is 4.24. The van der Waals surface area contributed by atoms with E-state index in [9.17, 15) is 28.1 Å². The fraction of sp³-hybridized carbons (Fsp3) is 0.417. The molecule has 0 aliphatic rings. The Kier molecular flexibility index (Phi) is 5.54. The summed E-state index contributed by atoms with van der Waals surface area (Å²) in [5.74, 6) is -0.983. The molecule has 1 rings (SSSR count). The molecule has 5 nitrogen and oxygen atoms in total. The number of carbonyl (C=O) groups excluding carboxylic acids is 1. The Bertz CT molecular complexity index is 549. The molecule has 1 aromatic rings. The Labute approximate surface area is 123 Å². The zero-order valence-corrected chi connectivity index (χ0v) is 11.7. The molecule has 1 aromatic carbocycles. The third kappa shape index (κ3) is 4.59. The van der Waals surface area contributed by atoms with Gasteiger partial charge in [0.05, 0.1) is 10.5 Å². The minimum atomic E-state index is -4.56. The molecule has 0 heterocycles. The van der Waals surface area contributed by atoms with Crippen LogP contribution in [0.25, 0.3) is 0 Å². The molecule has 0 aromatic heterocycles. The molecule has 1 amide bonds. The van der Waals surface area contributed by atoms with Gasteiger partial charge in [-0.15, -0.1) is 0 Å². The molecule has 0 atom stereocenters. The lowest BCUT2D eigenvalue weighted by Crippen LogP contribution is -2.39. The lowest BCUT2D eigenvalue weighted by atomic mass is 10.1. The molecular weight excluding hydrogens is 313 g/mol. The van der Waals surface area contributed by atoms with Crippen LogP contribution >= 0.6 is 11.6 Å². The highest BCUT2D eigenvalue weighted by atomic mass is 35.5. The van der Waals surface area contributed by atoms with Gasteiger partial charge in [-0.2, -0.15) is 13.2 Å². The molecule has 0 fully saturated rings. The third-order valence-electron chi connectivity index (χ3n) is 2.56. The third-order valence-corrected chi connectivity index (χ3v) is 2.95. The zero-order valence-electron chi connectivity index (χ0n) is 11.0. The van der Waals surface area contributed by atoms with Gasteiger partial charge in [0.15, 0.2) is 0 Å². The molecule has 0 unspecified atom stereocenters. The molecule has 0 saturated heterocycles. The summed E-state index contributed by atoms with van der Waals surface area (Å²) in [6, 6.07) is 3.44. The summed E-state index contributed by atoms with van der Waals surface area (Å²) in [7, 11) is 0. The molecule has 0 saturated carbocycles. The van der Waals surface area contributed by atoms with Crippen molar-refractivity contribution in [2.24, 2.45) is 0 Å². The Hall–Kier alpha value is -1.83. The topological polar surface area (TPSA) is 63.5 Å². The van der Waals surface area contributed by atoms with Crippen LogP contribution in [0.5, 0.6) is 0 Å². The number of benzene rings is 1. The smallest absolute Gasteiger partial charge is 0.330 e. The Balaban J connectivity index is 3.15. The van der Waals surface area contributed by atoms with E-state index in [2.05, 4.69) is 0 Å². The van der Waals surface area contributed by atoms with Gasteiger partial charge in [-0.25, -0.2) is 0 Å². The number of hydrogen-bond donors (Lipinski definition) is 0. The van der Waals surface area contributed by atoms with Gasteiger partial charge in [-0.1, -0.05) is 24.6 Å². The number of amides is 1. The van der Waals surface area contributed by atoms with E-state index in [1.807, 2.05) is 0 Å². The molecule has 116 valence electrons. The fourth-order valence-corrected chi connectivity index (χ4v) is 2.01. The van der Waals surface area contributed by atoms with Crippen molar-refractivity contribution >= 4 is 23.2 Å².